The van der Waals surface area contributed by atoms with Crippen molar-refractivity contribution in [3.05, 3.63) is 35.0 Å². The molecule has 7 nitrogen and oxygen atoms in total. The van der Waals surface area contributed by atoms with Crippen LogP contribution in [0.4, 0.5) is 10.9 Å². The molecule has 124 valence electrons. The van der Waals surface area contributed by atoms with Gasteiger partial charge in [-0.15, -0.1) is 23.7 Å². The van der Waals surface area contributed by atoms with Crippen LogP contribution in [-0.4, -0.2) is 47.0 Å². The predicted molar refractivity (Wildman–Crippen MR) is 94.0 cm³/mol. The first kappa shape index (κ1) is 17.5. The second-order valence-electron chi connectivity index (χ2n) is 5.17. The van der Waals surface area contributed by atoms with Gasteiger partial charge in [0.2, 0.25) is 0 Å². The number of pyridine rings is 1. The van der Waals surface area contributed by atoms with Crippen LogP contribution in [0.5, 0.6) is 0 Å². The minimum Gasteiger partial charge on any atom is -0.375 e. The van der Waals surface area contributed by atoms with Gasteiger partial charge in [0.1, 0.15) is 5.82 Å². The van der Waals surface area contributed by atoms with Crippen molar-refractivity contribution in [2.24, 2.45) is 5.73 Å². The third kappa shape index (κ3) is 4.10. The zero-order valence-electron chi connectivity index (χ0n) is 12.5. The standard InChI is InChI=1S/C14H18N6OS.ClH/c15-12(21)11-2-1-3-17-13(11)20-6-4-19(5-7-20)9-10-8-18-14(16)22-10;/h1-3,8H,4-7,9H2,(H2,15,21)(H2,16,18);1H. The van der Waals surface area contributed by atoms with E-state index in [4.69, 9.17) is 11.5 Å². The molecule has 0 aromatic carbocycles. The van der Waals surface area contributed by atoms with Crippen molar-refractivity contribution < 1.29 is 4.79 Å². The van der Waals surface area contributed by atoms with Gasteiger partial charge in [0.05, 0.1) is 5.56 Å². The number of halogens is 1. The number of nitrogens with two attached hydrogens (primary N) is 2. The smallest absolute Gasteiger partial charge is 0.252 e. The summed E-state index contributed by atoms with van der Waals surface area (Å²) in [6.07, 6.45) is 3.52. The van der Waals surface area contributed by atoms with Gasteiger partial charge in [-0.1, -0.05) is 0 Å². The molecule has 9 heteroatoms. The summed E-state index contributed by atoms with van der Waals surface area (Å²) < 4.78 is 0. The van der Waals surface area contributed by atoms with Crippen LogP contribution >= 0.6 is 23.7 Å². The lowest BCUT2D eigenvalue weighted by Gasteiger charge is -2.35. The van der Waals surface area contributed by atoms with Gasteiger partial charge >= 0.3 is 0 Å². The lowest BCUT2D eigenvalue weighted by atomic mass is 10.2. The van der Waals surface area contributed by atoms with E-state index in [0.29, 0.717) is 16.5 Å². The van der Waals surface area contributed by atoms with Crippen LogP contribution in [0.25, 0.3) is 0 Å². The van der Waals surface area contributed by atoms with Gasteiger partial charge in [-0.05, 0) is 12.1 Å². The number of piperazine rings is 1. The van der Waals surface area contributed by atoms with E-state index in [9.17, 15) is 4.79 Å². The summed E-state index contributed by atoms with van der Waals surface area (Å²) in [5.41, 5.74) is 11.6. The van der Waals surface area contributed by atoms with Crippen LogP contribution in [-0.2, 0) is 6.54 Å². The average molecular weight is 355 g/mol. The molecule has 0 saturated carbocycles. The summed E-state index contributed by atoms with van der Waals surface area (Å²) in [5, 5.41) is 0.605. The number of amides is 1. The number of primary amides is 1. The number of aromatic nitrogens is 2. The summed E-state index contributed by atoms with van der Waals surface area (Å²) in [7, 11) is 0. The van der Waals surface area contributed by atoms with Gasteiger partial charge in [-0.3, -0.25) is 9.69 Å². The molecule has 1 amide bonds. The molecule has 23 heavy (non-hydrogen) atoms. The molecule has 0 aliphatic carbocycles. The summed E-state index contributed by atoms with van der Waals surface area (Å²) in [6.45, 7) is 4.27. The van der Waals surface area contributed by atoms with Crippen LogP contribution in [0.3, 0.4) is 0 Å². The minimum absolute atomic E-state index is 0. The number of carbonyl (C=O) groups excluding carboxylic acids is 1. The van der Waals surface area contributed by atoms with Crippen molar-refractivity contribution >= 4 is 40.6 Å². The maximum absolute atomic E-state index is 11.5. The molecular formula is C14H19ClN6OS. The second-order valence-corrected chi connectivity index (χ2v) is 6.31. The molecule has 1 aliphatic rings. The molecule has 4 N–H and O–H groups in total. The number of nitrogens with zero attached hydrogens (tertiary/aromatic N) is 4. The van der Waals surface area contributed by atoms with E-state index in [0.717, 1.165) is 32.7 Å². The molecule has 0 atom stereocenters. The number of rotatable bonds is 4. The highest BCUT2D eigenvalue weighted by Gasteiger charge is 2.22. The zero-order chi connectivity index (χ0) is 15.5. The maximum atomic E-state index is 11.5. The lowest BCUT2D eigenvalue weighted by Crippen LogP contribution is -2.46. The number of anilines is 2. The van der Waals surface area contributed by atoms with E-state index in [-0.39, 0.29) is 12.4 Å². The molecule has 0 unspecified atom stereocenters. The van der Waals surface area contributed by atoms with E-state index in [1.54, 1.807) is 18.3 Å². The van der Waals surface area contributed by atoms with Gasteiger partial charge in [-0.25, -0.2) is 9.97 Å². The Hall–Kier alpha value is -1.90. The molecule has 2 aromatic heterocycles. The zero-order valence-corrected chi connectivity index (χ0v) is 14.1. The van der Waals surface area contributed by atoms with E-state index in [1.807, 2.05) is 6.20 Å². The Balaban J connectivity index is 0.00000192. The molecule has 1 aliphatic heterocycles. The number of hydrogen-bond acceptors (Lipinski definition) is 7. The molecule has 0 bridgehead atoms. The lowest BCUT2D eigenvalue weighted by molar-refractivity contribution is 0.1000. The van der Waals surface area contributed by atoms with E-state index in [2.05, 4.69) is 19.8 Å². The molecule has 3 heterocycles. The average Bonchev–Trinajstić information content (AvgIpc) is 2.93. The summed E-state index contributed by atoms with van der Waals surface area (Å²) in [6, 6.07) is 3.45. The van der Waals surface area contributed by atoms with E-state index >= 15 is 0 Å². The van der Waals surface area contributed by atoms with E-state index in [1.165, 1.54) is 16.2 Å². The van der Waals surface area contributed by atoms with Crippen molar-refractivity contribution in [3.63, 3.8) is 0 Å². The predicted octanol–water partition coefficient (Wildman–Crippen LogP) is 0.963. The van der Waals surface area contributed by atoms with Crippen LogP contribution in [0.1, 0.15) is 15.2 Å². The number of thiazole rings is 1. The Morgan fingerprint density at radius 2 is 2.00 bits per heavy atom. The molecule has 3 rings (SSSR count). The molecule has 1 fully saturated rings. The topological polar surface area (TPSA) is 101 Å². The Bertz CT molecular complexity index is 671. The van der Waals surface area contributed by atoms with Crippen molar-refractivity contribution in [2.45, 2.75) is 6.54 Å². The summed E-state index contributed by atoms with van der Waals surface area (Å²) in [5.74, 6) is 0.238. The first-order chi connectivity index (χ1) is 10.6. The fourth-order valence-electron chi connectivity index (χ4n) is 2.58. The van der Waals surface area contributed by atoms with Gasteiger partial charge in [0, 0.05) is 50.0 Å². The van der Waals surface area contributed by atoms with Crippen LogP contribution in [0.15, 0.2) is 24.5 Å². The molecular weight excluding hydrogens is 336 g/mol. The van der Waals surface area contributed by atoms with Crippen molar-refractivity contribution in [1.82, 2.24) is 14.9 Å². The van der Waals surface area contributed by atoms with Crippen LogP contribution in [0, 0.1) is 0 Å². The minimum atomic E-state index is -0.439. The fraction of sp³-hybridized carbons (Fsp3) is 0.357. The van der Waals surface area contributed by atoms with Crippen LogP contribution in [0.2, 0.25) is 0 Å². The quantitative estimate of drug-likeness (QED) is 0.848. The maximum Gasteiger partial charge on any atom is 0.252 e. The largest absolute Gasteiger partial charge is 0.375 e. The van der Waals surface area contributed by atoms with E-state index < -0.39 is 5.91 Å². The highest BCUT2D eigenvalue weighted by Crippen LogP contribution is 2.21. The molecule has 1 saturated heterocycles. The van der Waals surface area contributed by atoms with Gasteiger partial charge < -0.3 is 16.4 Å². The van der Waals surface area contributed by atoms with Crippen LogP contribution < -0.4 is 16.4 Å². The third-order valence-corrected chi connectivity index (χ3v) is 4.49. The SMILES string of the molecule is Cl.NC(=O)c1cccnc1N1CCN(Cc2cnc(N)s2)CC1. The number of carbonyl (C=O) groups is 1. The van der Waals surface area contributed by atoms with Crippen molar-refractivity contribution in [3.8, 4) is 0 Å². The monoisotopic (exact) mass is 354 g/mol. The summed E-state index contributed by atoms with van der Waals surface area (Å²) in [4.78, 5) is 25.5. The Labute approximate surface area is 144 Å². The van der Waals surface area contributed by atoms with Gasteiger partial charge in [-0.2, -0.15) is 0 Å². The fourth-order valence-corrected chi connectivity index (χ4v) is 3.30. The van der Waals surface area contributed by atoms with Crippen molar-refractivity contribution in [2.75, 3.05) is 36.8 Å². The molecule has 0 radical (unpaired) electrons. The van der Waals surface area contributed by atoms with Gasteiger partial charge in [0.15, 0.2) is 5.13 Å². The highest BCUT2D eigenvalue weighted by atomic mass is 35.5. The Morgan fingerprint density at radius 3 is 2.61 bits per heavy atom. The second kappa shape index (κ2) is 7.58. The highest BCUT2D eigenvalue weighted by molar-refractivity contribution is 7.15. The normalized spacial score (nSPS) is 15.2. The third-order valence-electron chi connectivity index (χ3n) is 3.67. The number of nitrogen functional groups attached to an aromatic ring is 1. The molecule has 2 aromatic rings. The number of hydrogen-bond donors (Lipinski definition) is 2. The first-order valence-electron chi connectivity index (χ1n) is 7.06. The first-order valence-corrected chi connectivity index (χ1v) is 7.87. The summed E-state index contributed by atoms with van der Waals surface area (Å²) >= 11 is 1.52. The Kier molecular flexibility index (Phi) is 5.75. The van der Waals surface area contributed by atoms with Crippen molar-refractivity contribution in [1.29, 1.82) is 0 Å². The molecule has 0 spiro atoms. The van der Waals surface area contributed by atoms with Gasteiger partial charge in [0.25, 0.3) is 5.91 Å². The Morgan fingerprint density at radius 1 is 1.26 bits per heavy atom.